The highest BCUT2D eigenvalue weighted by Crippen LogP contribution is 2.22. The summed E-state index contributed by atoms with van der Waals surface area (Å²) in [7, 11) is 0. The third-order valence-electron chi connectivity index (χ3n) is 2.83. The van der Waals surface area contributed by atoms with Crippen LogP contribution in [0.3, 0.4) is 0 Å². The summed E-state index contributed by atoms with van der Waals surface area (Å²) in [6.45, 7) is 0. The van der Waals surface area contributed by atoms with Gasteiger partial charge in [0, 0.05) is 10.5 Å². The van der Waals surface area contributed by atoms with Crippen molar-refractivity contribution in [3.05, 3.63) is 48.6 Å². The topological polar surface area (TPSA) is 0 Å². The van der Waals surface area contributed by atoms with Crippen LogP contribution < -0.4 is 0 Å². The molecule has 0 radical (unpaired) electrons. The van der Waals surface area contributed by atoms with Crippen molar-refractivity contribution in [2.24, 2.45) is 0 Å². The van der Waals surface area contributed by atoms with Crippen molar-refractivity contribution in [2.75, 3.05) is 11.5 Å². The molecule has 2 heteroatoms. The first-order valence-electron chi connectivity index (χ1n) is 6.38. The molecule has 0 N–H and O–H groups in total. The van der Waals surface area contributed by atoms with Crippen LogP contribution in [-0.4, -0.2) is 22.0 Å². The molecule has 0 fully saturated rings. The van der Waals surface area contributed by atoms with Crippen molar-refractivity contribution in [2.45, 2.75) is 29.8 Å². The van der Waals surface area contributed by atoms with Crippen LogP contribution in [0.15, 0.2) is 48.6 Å². The van der Waals surface area contributed by atoms with Gasteiger partial charge in [-0.1, -0.05) is 55.0 Å². The molecule has 0 heterocycles. The average Bonchev–Trinajstić information content (AvgIpc) is 3.00. The maximum atomic E-state index is 2.28. The minimum atomic E-state index is 0.651. The minimum Gasteiger partial charge on any atom is -0.150 e. The van der Waals surface area contributed by atoms with Gasteiger partial charge in [-0.15, -0.1) is 0 Å². The number of thioether (sulfide) groups is 2. The highest BCUT2D eigenvalue weighted by molar-refractivity contribution is 8.00. The molecule has 2 rings (SSSR count). The van der Waals surface area contributed by atoms with Crippen molar-refractivity contribution >= 4 is 23.5 Å². The Balaban J connectivity index is 1.39. The van der Waals surface area contributed by atoms with Gasteiger partial charge in [-0.3, -0.25) is 0 Å². The molecule has 2 aliphatic rings. The van der Waals surface area contributed by atoms with E-state index in [0.29, 0.717) is 10.5 Å². The fraction of sp³-hybridized carbons (Fsp3) is 0.467. The summed E-state index contributed by atoms with van der Waals surface area (Å²) in [5.41, 5.74) is 0. The molecule has 0 aromatic carbocycles. The monoisotopic (exact) mass is 264 g/mol. The van der Waals surface area contributed by atoms with E-state index in [-0.39, 0.29) is 0 Å². The Labute approximate surface area is 113 Å². The molecule has 0 nitrogen and oxygen atoms in total. The molecule has 2 aliphatic carbocycles. The molecule has 0 saturated heterocycles. The predicted octanol–water partition coefficient (Wildman–Crippen LogP) is 4.61. The summed E-state index contributed by atoms with van der Waals surface area (Å²) in [6.07, 6.45) is 21.8. The van der Waals surface area contributed by atoms with Crippen molar-refractivity contribution < 1.29 is 0 Å². The Morgan fingerprint density at radius 3 is 1.41 bits per heavy atom. The van der Waals surface area contributed by atoms with Crippen LogP contribution in [-0.2, 0) is 0 Å². The van der Waals surface area contributed by atoms with E-state index >= 15 is 0 Å². The lowest BCUT2D eigenvalue weighted by Gasteiger charge is -2.06. The lowest BCUT2D eigenvalue weighted by Crippen LogP contribution is -1.94. The normalized spacial score (nSPS) is 18.8. The van der Waals surface area contributed by atoms with Crippen LogP contribution in [0.5, 0.6) is 0 Å². The molecule has 17 heavy (non-hydrogen) atoms. The molecule has 0 aromatic rings. The van der Waals surface area contributed by atoms with Gasteiger partial charge in [-0.2, -0.15) is 23.5 Å². The minimum absolute atomic E-state index is 0.651. The van der Waals surface area contributed by atoms with Gasteiger partial charge in [0.05, 0.1) is 0 Å². The maximum absolute atomic E-state index is 2.28. The zero-order chi connectivity index (χ0) is 11.8. The largest absolute Gasteiger partial charge is 0.150 e. The van der Waals surface area contributed by atoms with Gasteiger partial charge in [0.2, 0.25) is 0 Å². The highest BCUT2D eigenvalue weighted by atomic mass is 32.2. The van der Waals surface area contributed by atoms with E-state index in [9.17, 15) is 0 Å². The summed E-state index contributed by atoms with van der Waals surface area (Å²) in [6, 6.07) is 0. The van der Waals surface area contributed by atoms with Crippen molar-refractivity contribution in [1.29, 1.82) is 0 Å². The lowest BCUT2D eigenvalue weighted by atomic mass is 10.3. The molecular formula is C15H20S2. The SMILES string of the molecule is C1=CC(SCCCCCSC2C=CC=C2)C=C1. The summed E-state index contributed by atoms with van der Waals surface area (Å²) in [4.78, 5) is 0. The zero-order valence-electron chi connectivity index (χ0n) is 10.1. The summed E-state index contributed by atoms with van der Waals surface area (Å²) in [5, 5.41) is 1.30. The molecule has 92 valence electrons. The number of hydrogen-bond acceptors (Lipinski definition) is 2. The molecule has 0 unspecified atom stereocenters. The number of rotatable bonds is 8. The van der Waals surface area contributed by atoms with Gasteiger partial charge in [0.15, 0.2) is 0 Å². The van der Waals surface area contributed by atoms with Gasteiger partial charge in [0.1, 0.15) is 0 Å². The number of unbranched alkanes of at least 4 members (excludes halogenated alkanes) is 2. The second kappa shape index (κ2) is 7.88. The van der Waals surface area contributed by atoms with E-state index in [0.717, 1.165) is 0 Å². The highest BCUT2D eigenvalue weighted by Gasteiger charge is 2.04. The van der Waals surface area contributed by atoms with Crippen LogP contribution in [0.2, 0.25) is 0 Å². The quantitative estimate of drug-likeness (QED) is 0.587. The molecule has 0 bridgehead atoms. The first-order valence-corrected chi connectivity index (χ1v) is 8.48. The molecule has 0 amide bonds. The third kappa shape index (κ3) is 5.22. The van der Waals surface area contributed by atoms with E-state index in [1.807, 2.05) is 0 Å². The lowest BCUT2D eigenvalue weighted by molar-refractivity contribution is 0.785. The van der Waals surface area contributed by atoms with Crippen molar-refractivity contribution in [3.63, 3.8) is 0 Å². The van der Waals surface area contributed by atoms with Crippen LogP contribution in [0.25, 0.3) is 0 Å². The summed E-state index contributed by atoms with van der Waals surface area (Å²) >= 11 is 4.13. The van der Waals surface area contributed by atoms with Gasteiger partial charge in [0.25, 0.3) is 0 Å². The molecule has 0 aliphatic heterocycles. The van der Waals surface area contributed by atoms with Crippen LogP contribution in [0, 0.1) is 0 Å². The van der Waals surface area contributed by atoms with Crippen molar-refractivity contribution in [1.82, 2.24) is 0 Å². The summed E-state index contributed by atoms with van der Waals surface area (Å²) < 4.78 is 0. The van der Waals surface area contributed by atoms with E-state index in [2.05, 4.69) is 72.1 Å². The Kier molecular flexibility index (Phi) is 6.08. The van der Waals surface area contributed by atoms with Crippen LogP contribution in [0.4, 0.5) is 0 Å². The molecule has 0 atom stereocenters. The first kappa shape index (κ1) is 13.1. The van der Waals surface area contributed by atoms with E-state index < -0.39 is 0 Å². The Bertz CT molecular complexity index is 270. The fourth-order valence-corrected chi connectivity index (χ4v) is 3.96. The molecule has 0 aromatic heterocycles. The Morgan fingerprint density at radius 2 is 1.00 bits per heavy atom. The second-order valence-electron chi connectivity index (χ2n) is 4.27. The Morgan fingerprint density at radius 1 is 0.588 bits per heavy atom. The maximum Gasteiger partial charge on any atom is 0.0413 e. The van der Waals surface area contributed by atoms with E-state index in [1.165, 1.54) is 30.8 Å². The average molecular weight is 264 g/mol. The van der Waals surface area contributed by atoms with Gasteiger partial charge in [-0.25, -0.2) is 0 Å². The predicted molar refractivity (Wildman–Crippen MR) is 82.9 cm³/mol. The van der Waals surface area contributed by atoms with Gasteiger partial charge >= 0.3 is 0 Å². The fourth-order valence-electron chi connectivity index (χ4n) is 1.86. The van der Waals surface area contributed by atoms with Gasteiger partial charge in [-0.05, 0) is 24.3 Å². The molecule has 0 saturated carbocycles. The summed E-state index contributed by atoms with van der Waals surface area (Å²) in [5.74, 6) is 2.60. The Hall–Kier alpha value is -0.340. The zero-order valence-corrected chi connectivity index (χ0v) is 11.8. The standard InChI is InChI=1S/C15H20S2/c1(6-12-16-14-8-2-3-9-14)7-13-17-15-10-4-5-11-15/h2-5,8-11,14-15H,1,6-7,12-13H2. The van der Waals surface area contributed by atoms with Gasteiger partial charge < -0.3 is 0 Å². The first-order chi connectivity index (χ1) is 8.45. The third-order valence-corrected chi connectivity index (χ3v) is 5.28. The van der Waals surface area contributed by atoms with Crippen LogP contribution in [0.1, 0.15) is 19.3 Å². The molecular weight excluding hydrogens is 244 g/mol. The molecule has 0 spiro atoms. The van der Waals surface area contributed by atoms with Crippen LogP contribution >= 0.6 is 23.5 Å². The smallest absolute Gasteiger partial charge is 0.0413 e. The number of hydrogen-bond donors (Lipinski definition) is 0. The second-order valence-corrected chi connectivity index (χ2v) is 6.84. The number of allylic oxidation sites excluding steroid dienone is 4. The van der Waals surface area contributed by atoms with E-state index in [1.54, 1.807) is 0 Å². The van der Waals surface area contributed by atoms with E-state index in [4.69, 9.17) is 0 Å². The van der Waals surface area contributed by atoms with Crippen molar-refractivity contribution in [3.8, 4) is 0 Å².